The number of carbonyl (C=O) groups is 1. The normalized spacial score (nSPS) is 14.8. The average Bonchev–Trinajstić information content (AvgIpc) is 3.45. The molecular weight excluding hydrogens is 378 g/mol. The average molecular weight is 396 g/mol. The lowest BCUT2D eigenvalue weighted by Gasteiger charge is -2.22. The molecule has 0 atom stereocenters. The Morgan fingerprint density at radius 1 is 1.17 bits per heavy atom. The van der Waals surface area contributed by atoms with Gasteiger partial charge >= 0.3 is 0 Å². The predicted molar refractivity (Wildman–Crippen MR) is 102 cm³/mol. The summed E-state index contributed by atoms with van der Waals surface area (Å²) in [4.78, 5) is 12.2. The van der Waals surface area contributed by atoms with Crippen molar-refractivity contribution in [2.24, 2.45) is 0 Å². The molecular formula is C22H18F2N2O3. The molecule has 1 aromatic heterocycles. The molecule has 1 fully saturated rings. The van der Waals surface area contributed by atoms with Crippen molar-refractivity contribution in [1.82, 2.24) is 9.78 Å². The lowest BCUT2D eigenvalue weighted by molar-refractivity contribution is 0.101. The number of methoxy groups -OCH3 is 1. The summed E-state index contributed by atoms with van der Waals surface area (Å²) in [6.07, 6.45) is 2.16. The molecule has 0 amide bonds. The van der Waals surface area contributed by atoms with Gasteiger partial charge in [0.1, 0.15) is 35.4 Å². The number of benzene rings is 2. The second-order valence-electron chi connectivity index (χ2n) is 7.42. The van der Waals surface area contributed by atoms with Crippen molar-refractivity contribution >= 4 is 5.78 Å². The van der Waals surface area contributed by atoms with E-state index < -0.39 is 11.6 Å². The molecule has 0 radical (unpaired) electrons. The van der Waals surface area contributed by atoms with Crippen molar-refractivity contribution in [3.63, 3.8) is 0 Å². The molecule has 7 heteroatoms. The molecule has 0 bridgehead atoms. The van der Waals surface area contributed by atoms with Crippen LogP contribution in [0.5, 0.6) is 11.5 Å². The van der Waals surface area contributed by atoms with E-state index in [9.17, 15) is 13.6 Å². The topological polar surface area (TPSA) is 53.3 Å². The Labute approximate surface area is 165 Å². The van der Waals surface area contributed by atoms with Gasteiger partial charge in [0, 0.05) is 30.2 Å². The number of hydrogen-bond donors (Lipinski definition) is 0. The lowest BCUT2D eigenvalue weighted by atomic mass is 9.97. The third kappa shape index (κ3) is 2.88. The Morgan fingerprint density at radius 3 is 2.52 bits per heavy atom. The third-order valence-corrected chi connectivity index (χ3v) is 5.39. The Hall–Kier alpha value is -3.22. The van der Waals surface area contributed by atoms with Crippen LogP contribution in [0.3, 0.4) is 0 Å². The van der Waals surface area contributed by atoms with Crippen molar-refractivity contribution < 1.29 is 23.0 Å². The molecule has 2 heterocycles. The van der Waals surface area contributed by atoms with E-state index in [-0.39, 0.29) is 23.8 Å². The van der Waals surface area contributed by atoms with Crippen molar-refractivity contribution in [3.05, 3.63) is 58.8 Å². The molecule has 2 aliphatic rings. The number of fused-ring (bicyclic) bond motifs is 3. The van der Waals surface area contributed by atoms with E-state index >= 15 is 0 Å². The Kier molecular flexibility index (Phi) is 3.94. The van der Waals surface area contributed by atoms with Gasteiger partial charge in [-0.1, -0.05) is 0 Å². The summed E-state index contributed by atoms with van der Waals surface area (Å²) >= 11 is 0. The van der Waals surface area contributed by atoms with Gasteiger partial charge in [0.15, 0.2) is 5.78 Å². The van der Waals surface area contributed by atoms with Gasteiger partial charge in [-0.15, -0.1) is 0 Å². The van der Waals surface area contributed by atoms with Crippen LogP contribution in [-0.4, -0.2) is 22.7 Å². The minimum Gasteiger partial charge on any atom is -0.496 e. The molecule has 0 spiro atoms. The number of halogens is 2. The summed E-state index contributed by atoms with van der Waals surface area (Å²) in [6.45, 7) is 1.55. The van der Waals surface area contributed by atoms with E-state index in [1.807, 2.05) is 12.1 Å². The minimum absolute atomic E-state index is 0.140. The van der Waals surface area contributed by atoms with Gasteiger partial charge < -0.3 is 9.47 Å². The van der Waals surface area contributed by atoms with E-state index in [0.29, 0.717) is 22.9 Å². The molecule has 1 aliphatic carbocycles. The Bertz CT molecular complexity index is 1150. The summed E-state index contributed by atoms with van der Waals surface area (Å²) < 4.78 is 40.7. The van der Waals surface area contributed by atoms with Crippen LogP contribution in [0.15, 0.2) is 30.3 Å². The molecule has 0 saturated heterocycles. The predicted octanol–water partition coefficient (Wildman–Crippen LogP) is 4.80. The molecule has 0 unspecified atom stereocenters. The first-order valence-electron chi connectivity index (χ1n) is 9.40. The fourth-order valence-electron chi connectivity index (χ4n) is 3.92. The van der Waals surface area contributed by atoms with Gasteiger partial charge in [-0.05, 0) is 42.5 Å². The van der Waals surface area contributed by atoms with Gasteiger partial charge in [-0.2, -0.15) is 5.10 Å². The first-order valence-corrected chi connectivity index (χ1v) is 9.40. The van der Waals surface area contributed by atoms with Crippen LogP contribution >= 0.6 is 0 Å². The maximum Gasteiger partial charge on any atom is 0.180 e. The largest absolute Gasteiger partial charge is 0.496 e. The quantitative estimate of drug-likeness (QED) is 0.595. The van der Waals surface area contributed by atoms with Gasteiger partial charge in [0.25, 0.3) is 0 Å². The summed E-state index contributed by atoms with van der Waals surface area (Å²) in [6, 6.07) is 7.02. The van der Waals surface area contributed by atoms with Crippen molar-refractivity contribution in [2.45, 2.75) is 32.3 Å². The van der Waals surface area contributed by atoms with E-state index in [1.165, 1.54) is 23.7 Å². The summed E-state index contributed by atoms with van der Waals surface area (Å²) in [7, 11) is 1.62. The Morgan fingerprint density at radius 2 is 1.90 bits per heavy atom. The van der Waals surface area contributed by atoms with Gasteiger partial charge in [0.2, 0.25) is 0 Å². The van der Waals surface area contributed by atoms with Crippen LogP contribution in [0.2, 0.25) is 0 Å². The van der Waals surface area contributed by atoms with Gasteiger partial charge in [-0.3, -0.25) is 4.79 Å². The number of carbonyl (C=O) groups excluding carboxylic acids is 1. The maximum atomic E-state index is 13.9. The second-order valence-corrected chi connectivity index (χ2v) is 7.42. The van der Waals surface area contributed by atoms with Crippen LogP contribution in [0.1, 0.15) is 47.3 Å². The molecule has 5 nitrogen and oxygen atoms in total. The van der Waals surface area contributed by atoms with Crippen LogP contribution < -0.4 is 9.47 Å². The molecule has 148 valence electrons. The SMILES string of the molecule is COc1cc2c(cc1C1CC1)-c1c(c(C(C)=O)nn1-c1cc(F)cc(F)c1)CO2. The van der Waals surface area contributed by atoms with Crippen LogP contribution in [-0.2, 0) is 6.61 Å². The van der Waals surface area contributed by atoms with Gasteiger partial charge in [0.05, 0.1) is 18.5 Å². The van der Waals surface area contributed by atoms with E-state index in [4.69, 9.17) is 9.47 Å². The van der Waals surface area contributed by atoms with Crippen LogP contribution in [0, 0.1) is 11.6 Å². The number of aromatic nitrogens is 2. The summed E-state index contributed by atoms with van der Waals surface area (Å²) in [5.41, 5.74) is 3.47. The zero-order valence-electron chi connectivity index (χ0n) is 16.0. The highest BCUT2D eigenvalue weighted by Gasteiger charge is 2.33. The van der Waals surface area contributed by atoms with Gasteiger partial charge in [-0.25, -0.2) is 13.5 Å². The minimum atomic E-state index is -0.714. The fraction of sp³-hybridized carbons (Fsp3) is 0.273. The first kappa shape index (κ1) is 17.8. The number of rotatable bonds is 4. The fourth-order valence-corrected chi connectivity index (χ4v) is 3.92. The number of hydrogen-bond acceptors (Lipinski definition) is 4. The molecule has 29 heavy (non-hydrogen) atoms. The zero-order valence-corrected chi connectivity index (χ0v) is 16.0. The standard InChI is InChI=1S/C22H18F2N2O3/c1-11(27)21-18-10-29-20-9-19(28-2)16(12-3-4-12)8-17(20)22(18)26(25-21)15-6-13(23)5-14(24)7-15/h5-9,12H,3-4,10H2,1-2H3. The highest BCUT2D eigenvalue weighted by molar-refractivity contribution is 5.96. The highest BCUT2D eigenvalue weighted by atomic mass is 19.1. The zero-order chi connectivity index (χ0) is 20.3. The molecule has 3 aromatic rings. The Balaban J connectivity index is 1.79. The maximum absolute atomic E-state index is 13.9. The number of nitrogens with zero attached hydrogens (tertiary/aromatic N) is 2. The van der Waals surface area contributed by atoms with Crippen LogP contribution in [0.4, 0.5) is 8.78 Å². The molecule has 0 N–H and O–H groups in total. The van der Waals surface area contributed by atoms with E-state index in [2.05, 4.69) is 5.10 Å². The van der Waals surface area contributed by atoms with Crippen molar-refractivity contribution in [1.29, 1.82) is 0 Å². The molecule has 1 saturated carbocycles. The highest BCUT2D eigenvalue weighted by Crippen LogP contribution is 2.50. The second kappa shape index (κ2) is 6.40. The molecule has 2 aromatic carbocycles. The molecule has 5 rings (SSSR count). The molecule has 1 aliphatic heterocycles. The summed E-state index contributed by atoms with van der Waals surface area (Å²) in [5, 5.41) is 4.40. The van der Waals surface area contributed by atoms with E-state index in [0.717, 1.165) is 35.8 Å². The number of Topliss-reactive ketones (excluding diaryl/α,β-unsaturated/α-hetero) is 1. The first-order chi connectivity index (χ1) is 14.0. The third-order valence-electron chi connectivity index (χ3n) is 5.39. The smallest absolute Gasteiger partial charge is 0.180 e. The van der Waals surface area contributed by atoms with Crippen LogP contribution in [0.25, 0.3) is 16.9 Å². The van der Waals surface area contributed by atoms with E-state index in [1.54, 1.807) is 7.11 Å². The number of ether oxygens (including phenoxy) is 2. The summed E-state index contributed by atoms with van der Waals surface area (Å²) in [5.74, 6) is 0.0931. The monoisotopic (exact) mass is 396 g/mol. The number of ketones is 1. The van der Waals surface area contributed by atoms with Crippen molar-refractivity contribution in [2.75, 3.05) is 7.11 Å². The lowest BCUT2D eigenvalue weighted by Crippen LogP contribution is -2.10. The van der Waals surface area contributed by atoms with Crippen molar-refractivity contribution in [3.8, 4) is 28.4 Å².